The highest BCUT2D eigenvalue weighted by Gasteiger charge is 2.26. The van der Waals surface area contributed by atoms with Crippen LogP contribution >= 0.6 is 0 Å². The summed E-state index contributed by atoms with van der Waals surface area (Å²) in [5, 5.41) is 10.3. The van der Waals surface area contributed by atoms with Crippen molar-refractivity contribution in [2.24, 2.45) is 5.73 Å². The molecule has 1 heterocycles. The molecule has 0 aromatic carbocycles. The molecule has 0 bridgehead atoms. The Kier molecular flexibility index (Phi) is 3.20. The normalized spacial score (nSPS) is 10.7. The molecule has 0 fully saturated rings. The second kappa shape index (κ2) is 4.22. The van der Waals surface area contributed by atoms with E-state index in [1.807, 2.05) is 0 Å². The van der Waals surface area contributed by atoms with Crippen LogP contribution in [0.25, 0.3) is 0 Å². The lowest BCUT2D eigenvalue weighted by Gasteiger charge is -2.02. The van der Waals surface area contributed by atoms with Gasteiger partial charge >= 0.3 is 12.2 Å². The van der Waals surface area contributed by atoms with Gasteiger partial charge in [0.1, 0.15) is 0 Å². The molecule has 0 saturated heterocycles. The van der Waals surface area contributed by atoms with Crippen molar-refractivity contribution in [2.45, 2.75) is 13.0 Å². The second-order valence-electron chi connectivity index (χ2n) is 2.61. The molecule has 0 aliphatic rings. The zero-order valence-electron chi connectivity index (χ0n) is 7.28. The van der Waals surface area contributed by atoms with E-state index < -0.39 is 35.2 Å². The Labute approximate surface area is 81.9 Å². The van der Waals surface area contributed by atoms with Crippen LogP contribution in [0.4, 0.5) is 19.0 Å². The third kappa shape index (κ3) is 2.21. The third-order valence-corrected chi connectivity index (χ3v) is 1.65. The monoisotopic (exact) mass is 221 g/mol. The van der Waals surface area contributed by atoms with Crippen molar-refractivity contribution in [1.29, 1.82) is 0 Å². The van der Waals surface area contributed by atoms with E-state index in [0.717, 1.165) is 0 Å². The number of nitrogens with zero attached hydrogens (tertiary/aromatic N) is 2. The maximum Gasteiger partial charge on any atom is 0.400 e. The summed E-state index contributed by atoms with van der Waals surface area (Å²) in [5.41, 5.74) is 3.84. The predicted octanol–water partition coefficient (Wildman–Crippen LogP) is 1.53. The van der Waals surface area contributed by atoms with Crippen molar-refractivity contribution in [3.63, 3.8) is 0 Å². The zero-order valence-corrected chi connectivity index (χ0v) is 7.28. The first kappa shape index (κ1) is 11.4. The first-order valence-corrected chi connectivity index (χ1v) is 3.79. The van der Waals surface area contributed by atoms with Crippen molar-refractivity contribution < 1.29 is 18.1 Å². The van der Waals surface area contributed by atoms with Gasteiger partial charge in [0.05, 0.1) is 0 Å². The fourth-order valence-electron chi connectivity index (χ4n) is 0.970. The first-order chi connectivity index (χ1) is 6.97. The highest BCUT2D eigenvalue weighted by atomic mass is 19.3. The predicted molar refractivity (Wildman–Crippen MR) is 43.7 cm³/mol. The summed E-state index contributed by atoms with van der Waals surface area (Å²) in [7, 11) is 0. The molecule has 0 spiro atoms. The average molecular weight is 221 g/mol. The first-order valence-electron chi connectivity index (χ1n) is 3.79. The maximum atomic E-state index is 13.1. The smallest absolute Gasteiger partial charge is 0.358 e. The molecule has 0 aliphatic carbocycles. The number of hydrogen-bond donors (Lipinski definition) is 1. The van der Waals surface area contributed by atoms with E-state index >= 15 is 0 Å². The van der Waals surface area contributed by atoms with Gasteiger partial charge in [0.25, 0.3) is 0 Å². The van der Waals surface area contributed by atoms with E-state index in [0.29, 0.717) is 6.07 Å². The minimum Gasteiger partial charge on any atom is -0.358 e. The molecule has 0 saturated carbocycles. The molecule has 1 aromatic rings. The SMILES string of the molecule is NCc1cc(C(F)F)nc([N+](=O)[O-])c1F. The molecular weight excluding hydrogens is 215 g/mol. The lowest BCUT2D eigenvalue weighted by Crippen LogP contribution is -2.07. The van der Waals surface area contributed by atoms with Gasteiger partial charge in [-0.15, -0.1) is 0 Å². The van der Waals surface area contributed by atoms with E-state index in [1.165, 1.54) is 0 Å². The summed E-state index contributed by atoms with van der Waals surface area (Å²) in [4.78, 5) is 12.0. The minimum atomic E-state index is -3.01. The number of pyridine rings is 1. The van der Waals surface area contributed by atoms with Gasteiger partial charge in [-0.3, -0.25) is 0 Å². The Morgan fingerprint density at radius 2 is 2.20 bits per heavy atom. The molecule has 0 unspecified atom stereocenters. The number of hydrogen-bond acceptors (Lipinski definition) is 4. The standard InChI is InChI=1S/C7H6F3N3O2/c8-5-3(2-11)1-4(6(9)10)12-7(5)13(14)15/h1,6H,2,11H2. The zero-order chi connectivity index (χ0) is 11.6. The van der Waals surface area contributed by atoms with Crippen LogP contribution in [0.5, 0.6) is 0 Å². The van der Waals surface area contributed by atoms with Crippen LogP contribution in [-0.2, 0) is 6.54 Å². The molecule has 82 valence electrons. The Hall–Kier alpha value is -1.70. The minimum absolute atomic E-state index is 0.355. The third-order valence-electron chi connectivity index (χ3n) is 1.65. The van der Waals surface area contributed by atoms with Crippen LogP contribution in [-0.4, -0.2) is 9.91 Å². The van der Waals surface area contributed by atoms with Gasteiger partial charge in [0, 0.05) is 12.1 Å². The summed E-state index contributed by atoms with van der Waals surface area (Å²) in [5.74, 6) is -2.50. The number of aromatic nitrogens is 1. The molecule has 2 N–H and O–H groups in total. The van der Waals surface area contributed by atoms with Crippen LogP contribution in [0.3, 0.4) is 0 Å². The Bertz CT molecular complexity index is 397. The summed E-state index contributed by atoms with van der Waals surface area (Å²) in [6.45, 7) is -0.408. The van der Waals surface area contributed by atoms with Crippen molar-refractivity contribution in [2.75, 3.05) is 0 Å². The van der Waals surface area contributed by atoms with E-state index in [-0.39, 0.29) is 5.56 Å². The molecule has 1 aromatic heterocycles. The van der Waals surface area contributed by atoms with Crippen LogP contribution in [0, 0.1) is 15.9 Å². The van der Waals surface area contributed by atoms with E-state index in [4.69, 9.17) is 5.73 Å². The number of nitro groups is 1. The lowest BCUT2D eigenvalue weighted by molar-refractivity contribution is -0.392. The molecule has 0 aliphatic heterocycles. The number of halogens is 3. The molecule has 15 heavy (non-hydrogen) atoms. The summed E-state index contributed by atoms with van der Waals surface area (Å²) in [6, 6.07) is 0.715. The Balaban J connectivity index is 3.38. The van der Waals surface area contributed by atoms with Gasteiger partial charge in [0.2, 0.25) is 11.5 Å². The van der Waals surface area contributed by atoms with Gasteiger partial charge in [-0.2, -0.15) is 4.39 Å². The Morgan fingerprint density at radius 1 is 1.60 bits per heavy atom. The molecule has 0 atom stereocenters. The second-order valence-corrected chi connectivity index (χ2v) is 2.61. The highest BCUT2D eigenvalue weighted by Crippen LogP contribution is 2.24. The van der Waals surface area contributed by atoms with Crippen molar-refractivity contribution >= 4 is 5.82 Å². The summed E-state index contributed by atoms with van der Waals surface area (Å²) in [6.07, 6.45) is -3.01. The molecule has 5 nitrogen and oxygen atoms in total. The number of nitrogens with two attached hydrogens (primary N) is 1. The van der Waals surface area contributed by atoms with Gasteiger partial charge < -0.3 is 15.8 Å². The van der Waals surface area contributed by atoms with E-state index in [9.17, 15) is 23.3 Å². The molecule has 1 rings (SSSR count). The average Bonchev–Trinajstić information content (AvgIpc) is 2.17. The van der Waals surface area contributed by atoms with Gasteiger partial charge in [0.15, 0.2) is 0 Å². The van der Waals surface area contributed by atoms with Crippen LogP contribution in [0.2, 0.25) is 0 Å². The lowest BCUT2D eigenvalue weighted by atomic mass is 10.2. The van der Waals surface area contributed by atoms with Crippen molar-refractivity contribution in [1.82, 2.24) is 4.98 Å². The molecule has 8 heteroatoms. The quantitative estimate of drug-likeness (QED) is 0.619. The van der Waals surface area contributed by atoms with Gasteiger partial charge in [-0.05, 0) is 16.0 Å². The number of alkyl halides is 2. The van der Waals surface area contributed by atoms with E-state index in [2.05, 4.69) is 4.98 Å². The maximum absolute atomic E-state index is 13.1. The topological polar surface area (TPSA) is 82.0 Å². The Morgan fingerprint density at radius 3 is 2.60 bits per heavy atom. The van der Waals surface area contributed by atoms with Crippen LogP contribution in [0.15, 0.2) is 6.07 Å². The molecule has 0 radical (unpaired) electrons. The fourth-order valence-corrected chi connectivity index (χ4v) is 0.970. The highest BCUT2D eigenvalue weighted by molar-refractivity contribution is 5.32. The summed E-state index contributed by atoms with van der Waals surface area (Å²) < 4.78 is 37.6. The van der Waals surface area contributed by atoms with Crippen molar-refractivity contribution in [3.8, 4) is 0 Å². The number of rotatable bonds is 3. The summed E-state index contributed by atoms with van der Waals surface area (Å²) >= 11 is 0. The van der Waals surface area contributed by atoms with Gasteiger partial charge in [-0.25, -0.2) is 8.78 Å². The van der Waals surface area contributed by atoms with E-state index in [1.54, 1.807) is 0 Å². The van der Waals surface area contributed by atoms with Crippen molar-refractivity contribution in [3.05, 3.63) is 33.3 Å². The largest absolute Gasteiger partial charge is 0.400 e. The fraction of sp³-hybridized carbons (Fsp3) is 0.286. The molecular formula is C7H6F3N3O2. The molecule has 0 amide bonds. The van der Waals surface area contributed by atoms with Crippen LogP contribution in [0.1, 0.15) is 17.7 Å². The van der Waals surface area contributed by atoms with Gasteiger partial charge in [-0.1, -0.05) is 0 Å². The van der Waals surface area contributed by atoms with Crippen LogP contribution < -0.4 is 5.73 Å².